The minimum atomic E-state index is 0.676. The third kappa shape index (κ3) is 2.42. The topological polar surface area (TPSA) is 30.2 Å². The van der Waals surface area contributed by atoms with Gasteiger partial charge in [0, 0.05) is 17.0 Å². The smallest absolute Gasteiger partial charge is 0.156 e. The first-order chi connectivity index (χ1) is 10.7. The lowest BCUT2D eigenvalue weighted by Gasteiger charge is -2.05. The van der Waals surface area contributed by atoms with Gasteiger partial charge in [-0.2, -0.15) is 5.10 Å². The Hall–Kier alpha value is -2.13. The zero-order valence-electron chi connectivity index (χ0n) is 12.2. The van der Waals surface area contributed by atoms with E-state index < -0.39 is 0 Å². The standard InChI is InChI=1S/C18H16ClN3/c1-12(13-9-10-13)11-17-20-18-8-4-7-16(22(18)21-17)14-5-2-3-6-15(14)19/h2-8,13H,1,9-11H2. The van der Waals surface area contributed by atoms with Gasteiger partial charge in [0.1, 0.15) is 0 Å². The number of pyridine rings is 1. The Kier molecular flexibility index (Phi) is 3.23. The molecular weight excluding hydrogens is 294 g/mol. The Bertz CT molecular complexity index is 862. The summed E-state index contributed by atoms with van der Waals surface area (Å²) in [5.41, 5.74) is 4.01. The van der Waals surface area contributed by atoms with Crippen molar-refractivity contribution in [2.24, 2.45) is 5.92 Å². The van der Waals surface area contributed by atoms with E-state index in [1.807, 2.05) is 47.0 Å². The minimum absolute atomic E-state index is 0.676. The molecule has 1 aromatic carbocycles. The molecule has 0 amide bonds. The van der Waals surface area contributed by atoms with Crippen LogP contribution in [0.5, 0.6) is 0 Å². The SMILES string of the molecule is C=C(Cc1nc2cccc(-c3ccccc3Cl)n2n1)C1CC1. The van der Waals surface area contributed by atoms with Crippen LogP contribution in [-0.2, 0) is 6.42 Å². The summed E-state index contributed by atoms with van der Waals surface area (Å²) in [6.45, 7) is 4.17. The second-order valence-corrected chi connectivity index (χ2v) is 6.21. The van der Waals surface area contributed by atoms with Crippen LogP contribution in [0.25, 0.3) is 16.9 Å². The molecule has 3 nitrogen and oxygen atoms in total. The van der Waals surface area contributed by atoms with Crippen LogP contribution in [-0.4, -0.2) is 14.6 Å². The van der Waals surface area contributed by atoms with Crippen molar-refractivity contribution in [1.29, 1.82) is 0 Å². The van der Waals surface area contributed by atoms with Gasteiger partial charge in [-0.1, -0.05) is 48.0 Å². The molecule has 0 atom stereocenters. The summed E-state index contributed by atoms with van der Waals surface area (Å²) < 4.78 is 1.87. The van der Waals surface area contributed by atoms with E-state index in [9.17, 15) is 0 Å². The molecule has 0 bridgehead atoms. The first-order valence-corrected chi connectivity index (χ1v) is 7.87. The van der Waals surface area contributed by atoms with Gasteiger partial charge in [-0.15, -0.1) is 0 Å². The number of rotatable bonds is 4. The van der Waals surface area contributed by atoms with E-state index in [-0.39, 0.29) is 0 Å². The lowest BCUT2D eigenvalue weighted by Crippen LogP contribution is -1.97. The molecule has 22 heavy (non-hydrogen) atoms. The average molecular weight is 310 g/mol. The molecule has 0 spiro atoms. The molecule has 2 heterocycles. The molecule has 0 aliphatic heterocycles. The Morgan fingerprint density at radius 2 is 2.00 bits per heavy atom. The number of hydrogen-bond donors (Lipinski definition) is 0. The highest BCUT2D eigenvalue weighted by Crippen LogP contribution is 2.36. The maximum absolute atomic E-state index is 6.32. The summed E-state index contributed by atoms with van der Waals surface area (Å²) in [4.78, 5) is 4.63. The number of aromatic nitrogens is 3. The monoisotopic (exact) mass is 309 g/mol. The summed E-state index contributed by atoms with van der Waals surface area (Å²) in [5, 5.41) is 5.38. The first-order valence-electron chi connectivity index (χ1n) is 7.49. The van der Waals surface area contributed by atoms with Crippen LogP contribution >= 0.6 is 11.6 Å². The van der Waals surface area contributed by atoms with Crippen molar-refractivity contribution >= 4 is 17.2 Å². The van der Waals surface area contributed by atoms with Crippen LogP contribution in [0, 0.1) is 5.92 Å². The molecule has 4 heteroatoms. The van der Waals surface area contributed by atoms with Crippen molar-refractivity contribution in [1.82, 2.24) is 14.6 Å². The highest BCUT2D eigenvalue weighted by molar-refractivity contribution is 6.33. The van der Waals surface area contributed by atoms with Gasteiger partial charge in [0.2, 0.25) is 0 Å². The lowest BCUT2D eigenvalue weighted by atomic mass is 10.1. The molecule has 1 saturated carbocycles. The summed E-state index contributed by atoms with van der Waals surface area (Å²) in [6, 6.07) is 13.8. The molecule has 0 N–H and O–H groups in total. The van der Waals surface area contributed by atoms with E-state index in [4.69, 9.17) is 11.6 Å². The second-order valence-electron chi connectivity index (χ2n) is 5.80. The lowest BCUT2D eigenvalue weighted by molar-refractivity contribution is 0.856. The van der Waals surface area contributed by atoms with Crippen LogP contribution in [0.1, 0.15) is 18.7 Å². The van der Waals surface area contributed by atoms with Crippen LogP contribution < -0.4 is 0 Å². The molecule has 1 aliphatic rings. The van der Waals surface area contributed by atoms with Gasteiger partial charge in [0.15, 0.2) is 11.5 Å². The van der Waals surface area contributed by atoms with E-state index in [1.165, 1.54) is 18.4 Å². The summed E-state index contributed by atoms with van der Waals surface area (Å²) >= 11 is 6.32. The number of allylic oxidation sites excluding steroid dienone is 1. The number of nitrogens with zero attached hydrogens (tertiary/aromatic N) is 3. The molecular formula is C18H16ClN3. The van der Waals surface area contributed by atoms with Crippen molar-refractivity contribution in [2.45, 2.75) is 19.3 Å². The van der Waals surface area contributed by atoms with Gasteiger partial charge >= 0.3 is 0 Å². The third-order valence-electron chi connectivity index (χ3n) is 4.09. The van der Waals surface area contributed by atoms with E-state index in [2.05, 4.69) is 16.7 Å². The summed E-state index contributed by atoms with van der Waals surface area (Å²) in [5.74, 6) is 1.51. The minimum Gasteiger partial charge on any atom is -0.213 e. The van der Waals surface area contributed by atoms with Gasteiger partial charge in [-0.25, -0.2) is 9.50 Å². The van der Waals surface area contributed by atoms with Crippen molar-refractivity contribution in [3.63, 3.8) is 0 Å². The molecule has 4 rings (SSSR count). The van der Waals surface area contributed by atoms with Crippen molar-refractivity contribution in [3.8, 4) is 11.3 Å². The van der Waals surface area contributed by atoms with E-state index in [0.29, 0.717) is 5.92 Å². The molecule has 2 aromatic heterocycles. The molecule has 0 saturated heterocycles. The zero-order chi connectivity index (χ0) is 15.1. The molecule has 1 fully saturated rings. The van der Waals surface area contributed by atoms with E-state index in [0.717, 1.165) is 34.2 Å². The highest BCUT2D eigenvalue weighted by Gasteiger charge is 2.25. The number of halogens is 1. The molecule has 110 valence electrons. The quantitative estimate of drug-likeness (QED) is 0.661. The van der Waals surface area contributed by atoms with Crippen molar-refractivity contribution in [2.75, 3.05) is 0 Å². The van der Waals surface area contributed by atoms with Crippen LogP contribution in [0.2, 0.25) is 5.02 Å². The summed E-state index contributed by atoms with van der Waals surface area (Å²) in [6.07, 6.45) is 3.28. The van der Waals surface area contributed by atoms with Crippen LogP contribution in [0.3, 0.4) is 0 Å². The Balaban J connectivity index is 1.78. The average Bonchev–Trinajstić information content (AvgIpc) is 3.28. The fourth-order valence-electron chi connectivity index (χ4n) is 2.74. The zero-order valence-corrected chi connectivity index (χ0v) is 12.9. The normalized spacial score (nSPS) is 14.4. The van der Waals surface area contributed by atoms with Crippen LogP contribution in [0.15, 0.2) is 54.6 Å². The predicted molar refractivity (Wildman–Crippen MR) is 89.0 cm³/mol. The van der Waals surface area contributed by atoms with Gasteiger partial charge in [0.05, 0.1) is 5.69 Å². The van der Waals surface area contributed by atoms with E-state index in [1.54, 1.807) is 0 Å². The van der Waals surface area contributed by atoms with Crippen LogP contribution in [0.4, 0.5) is 0 Å². The van der Waals surface area contributed by atoms with Crippen molar-refractivity contribution < 1.29 is 0 Å². The predicted octanol–water partition coefficient (Wildman–Crippen LogP) is 4.56. The van der Waals surface area contributed by atoms with Gasteiger partial charge in [-0.3, -0.25) is 0 Å². The number of fused-ring (bicyclic) bond motifs is 1. The second kappa shape index (κ2) is 5.25. The Labute approximate surface area is 134 Å². The number of hydrogen-bond acceptors (Lipinski definition) is 2. The molecule has 3 aromatic rings. The van der Waals surface area contributed by atoms with E-state index >= 15 is 0 Å². The highest BCUT2D eigenvalue weighted by atomic mass is 35.5. The fourth-order valence-corrected chi connectivity index (χ4v) is 2.97. The molecule has 1 aliphatic carbocycles. The third-order valence-corrected chi connectivity index (χ3v) is 4.42. The van der Waals surface area contributed by atoms with Crippen molar-refractivity contribution in [3.05, 3.63) is 65.5 Å². The maximum atomic E-state index is 6.32. The summed E-state index contributed by atoms with van der Waals surface area (Å²) in [7, 11) is 0. The fraction of sp³-hybridized carbons (Fsp3) is 0.222. The first kappa shape index (κ1) is 13.5. The Morgan fingerprint density at radius 3 is 2.77 bits per heavy atom. The van der Waals surface area contributed by atoms with Gasteiger partial charge < -0.3 is 0 Å². The molecule has 0 unspecified atom stereocenters. The number of benzene rings is 1. The Morgan fingerprint density at radius 1 is 1.18 bits per heavy atom. The largest absolute Gasteiger partial charge is 0.213 e. The molecule has 0 radical (unpaired) electrons. The van der Waals surface area contributed by atoms with Gasteiger partial charge in [-0.05, 0) is 37.0 Å². The maximum Gasteiger partial charge on any atom is 0.156 e. The van der Waals surface area contributed by atoms with Gasteiger partial charge in [0.25, 0.3) is 0 Å².